The molecule has 1 aromatic carbocycles. The third-order valence-electron chi connectivity index (χ3n) is 3.99. The number of rotatable bonds is 7. The molecule has 8 heteroatoms. The van der Waals surface area contributed by atoms with Gasteiger partial charge in [-0.2, -0.15) is 0 Å². The molecule has 3 aromatic rings. The Hall–Kier alpha value is -2.45. The maximum Gasteiger partial charge on any atom is 0.350 e. The second-order valence-corrected chi connectivity index (χ2v) is 8.22. The van der Waals surface area contributed by atoms with E-state index in [9.17, 15) is 9.59 Å². The molecule has 1 unspecified atom stereocenters. The summed E-state index contributed by atoms with van der Waals surface area (Å²) in [5, 5.41) is 4.76. The summed E-state index contributed by atoms with van der Waals surface area (Å²) in [6.07, 6.45) is 0.639. The van der Waals surface area contributed by atoms with E-state index in [1.54, 1.807) is 13.8 Å². The minimum Gasteiger partial charge on any atom is -0.462 e. The number of esters is 1. The van der Waals surface area contributed by atoms with E-state index in [1.165, 1.54) is 11.8 Å². The van der Waals surface area contributed by atoms with E-state index in [0.717, 1.165) is 27.3 Å². The second-order valence-electron chi connectivity index (χ2n) is 6.00. The predicted molar refractivity (Wildman–Crippen MR) is 113 cm³/mol. The van der Waals surface area contributed by atoms with Gasteiger partial charge in [0.15, 0.2) is 5.13 Å². The SMILES string of the molecule is CCOC(=O)c1sc(NC(=O)C(CC)Sc2ccc3ccccc3n2)nc1C. The molecule has 3 rings (SSSR count). The molecule has 0 saturated carbocycles. The summed E-state index contributed by atoms with van der Waals surface area (Å²) < 4.78 is 5.02. The van der Waals surface area contributed by atoms with E-state index in [0.29, 0.717) is 28.7 Å². The highest BCUT2D eigenvalue weighted by Crippen LogP contribution is 2.28. The first kappa shape index (κ1) is 20.3. The van der Waals surface area contributed by atoms with Crippen molar-refractivity contribution >= 4 is 51.0 Å². The normalized spacial score (nSPS) is 12.0. The molecule has 0 bridgehead atoms. The van der Waals surface area contributed by atoms with Crippen LogP contribution in [-0.4, -0.2) is 33.7 Å². The van der Waals surface area contributed by atoms with Gasteiger partial charge in [-0.1, -0.05) is 54.3 Å². The molecule has 0 aliphatic heterocycles. The number of nitrogens with zero attached hydrogens (tertiary/aromatic N) is 2. The summed E-state index contributed by atoms with van der Waals surface area (Å²) in [5.74, 6) is -0.577. The first-order chi connectivity index (χ1) is 13.5. The Morgan fingerprint density at radius 2 is 1.96 bits per heavy atom. The van der Waals surface area contributed by atoms with Crippen molar-refractivity contribution in [3.63, 3.8) is 0 Å². The fourth-order valence-electron chi connectivity index (χ4n) is 2.60. The molecular weight excluding hydrogens is 394 g/mol. The zero-order valence-corrected chi connectivity index (χ0v) is 17.5. The van der Waals surface area contributed by atoms with Gasteiger partial charge in [0, 0.05) is 5.39 Å². The number of nitrogens with one attached hydrogen (secondary N) is 1. The van der Waals surface area contributed by atoms with Gasteiger partial charge in [-0.05, 0) is 32.4 Å². The van der Waals surface area contributed by atoms with E-state index in [4.69, 9.17) is 4.74 Å². The van der Waals surface area contributed by atoms with Gasteiger partial charge in [-0.3, -0.25) is 4.79 Å². The Kier molecular flexibility index (Phi) is 6.64. The van der Waals surface area contributed by atoms with Crippen LogP contribution >= 0.6 is 23.1 Å². The van der Waals surface area contributed by atoms with E-state index < -0.39 is 5.97 Å². The lowest BCUT2D eigenvalue weighted by atomic mass is 10.2. The Labute approximate surface area is 171 Å². The minimum absolute atomic E-state index is 0.161. The van der Waals surface area contributed by atoms with Gasteiger partial charge in [0.05, 0.1) is 28.1 Å². The predicted octanol–water partition coefficient (Wildman–Crippen LogP) is 4.69. The van der Waals surface area contributed by atoms with Crippen molar-refractivity contribution in [2.75, 3.05) is 11.9 Å². The number of carbonyl (C=O) groups is 2. The topological polar surface area (TPSA) is 81.2 Å². The maximum absolute atomic E-state index is 12.7. The summed E-state index contributed by atoms with van der Waals surface area (Å²) in [4.78, 5) is 34.0. The fourth-order valence-corrected chi connectivity index (χ4v) is 4.39. The van der Waals surface area contributed by atoms with Gasteiger partial charge in [0.25, 0.3) is 0 Å². The smallest absolute Gasteiger partial charge is 0.350 e. The molecule has 1 amide bonds. The highest BCUT2D eigenvalue weighted by atomic mass is 32.2. The Morgan fingerprint density at radius 3 is 2.71 bits per heavy atom. The maximum atomic E-state index is 12.7. The average molecular weight is 416 g/mol. The molecule has 0 aliphatic carbocycles. The van der Waals surface area contributed by atoms with Crippen LogP contribution in [0.25, 0.3) is 10.9 Å². The monoisotopic (exact) mass is 415 g/mol. The molecule has 0 aliphatic rings. The lowest BCUT2D eigenvalue weighted by Crippen LogP contribution is -2.24. The van der Waals surface area contributed by atoms with E-state index in [2.05, 4.69) is 15.3 Å². The van der Waals surface area contributed by atoms with Crippen molar-refractivity contribution < 1.29 is 14.3 Å². The van der Waals surface area contributed by atoms with Gasteiger partial charge in [-0.15, -0.1) is 0 Å². The van der Waals surface area contributed by atoms with Crippen molar-refractivity contribution in [3.05, 3.63) is 47.0 Å². The number of hydrogen-bond acceptors (Lipinski definition) is 7. The van der Waals surface area contributed by atoms with Crippen LogP contribution in [0.3, 0.4) is 0 Å². The number of carbonyl (C=O) groups excluding carboxylic acids is 2. The molecule has 1 N–H and O–H groups in total. The number of thioether (sulfide) groups is 1. The molecule has 0 spiro atoms. The minimum atomic E-state index is -0.417. The molecule has 28 heavy (non-hydrogen) atoms. The van der Waals surface area contributed by atoms with Crippen LogP contribution in [0, 0.1) is 6.92 Å². The number of aryl methyl sites for hydroxylation is 1. The summed E-state index contributed by atoms with van der Waals surface area (Å²) in [7, 11) is 0. The van der Waals surface area contributed by atoms with Crippen molar-refractivity contribution in [3.8, 4) is 0 Å². The largest absolute Gasteiger partial charge is 0.462 e. The van der Waals surface area contributed by atoms with Crippen molar-refractivity contribution in [2.45, 2.75) is 37.5 Å². The number of thiazole rings is 1. The van der Waals surface area contributed by atoms with Gasteiger partial charge < -0.3 is 10.1 Å². The standard InChI is InChI=1S/C20H21N3O3S2/c1-4-15(27-16-11-10-13-8-6-7-9-14(13)22-16)18(24)23-20-21-12(3)17(28-20)19(25)26-5-2/h6-11,15H,4-5H2,1-3H3,(H,21,23,24). The summed E-state index contributed by atoms with van der Waals surface area (Å²) >= 11 is 2.55. The molecule has 2 heterocycles. The molecule has 0 radical (unpaired) electrons. The number of amides is 1. The molecule has 146 valence electrons. The third-order valence-corrected chi connectivity index (χ3v) is 6.34. The third kappa shape index (κ3) is 4.69. The van der Waals surface area contributed by atoms with Gasteiger partial charge >= 0.3 is 5.97 Å². The van der Waals surface area contributed by atoms with Crippen LogP contribution in [0.15, 0.2) is 41.4 Å². The number of benzene rings is 1. The van der Waals surface area contributed by atoms with E-state index in [1.807, 2.05) is 43.3 Å². The van der Waals surface area contributed by atoms with Crippen molar-refractivity contribution in [2.24, 2.45) is 0 Å². The second kappa shape index (κ2) is 9.16. The van der Waals surface area contributed by atoms with Crippen molar-refractivity contribution in [1.29, 1.82) is 0 Å². The first-order valence-corrected chi connectivity index (χ1v) is 10.7. The van der Waals surface area contributed by atoms with Crippen LogP contribution in [-0.2, 0) is 9.53 Å². The highest BCUT2D eigenvalue weighted by molar-refractivity contribution is 8.00. The summed E-state index contributed by atoms with van der Waals surface area (Å²) in [5.41, 5.74) is 1.45. The number of ether oxygens (including phenoxy) is 1. The van der Waals surface area contributed by atoms with Crippen LogP contribution in [0.1, 0.15) is 35.6 Å². The zero-order chi connectivity index (χ0) is 20.1. The average Bonchev–Trinajstić information content (AvgIpc) is 3.06. The van der Waals surface area contributed by atoms with Crippen LogP contribution in [0.2, 0.25) is 0 Å². The van der Waals surface area contributed by atoms with E-state index >= 15 is 0 Å². The van der Waals surface area contributed by atoms with Crippen LogP contribution in [0.4, 0.5) is 5.13 Å². The summed E-state index contributed by atoms with van der Waals surface area (Å²) in [6, 6.07) is 11.8. The number of hydrogen-bond donors (Lipinski definition) is 1. The van der Waals surface area contributed by atoms with Crippen LogP contribution < -0.4 is 5.32 Å². The number of aromatic nitrogens is 2. The van der Waals surface area contributed by atoms with E-state index in [-0.39, 0.29) is 11.2 Å². The van der Waals surface area contributed by atoms with Gasteiger partial charge in [-0.25, -0.2) is 14.8 Å². The summed E-state index contributed by atoms with van der Waals surface area (Å²) in [6.45, 7) is 5.73. The quantitative estimate of drug-likeness (QED) is 0.445. The molecule has 6 nitrogen and oxygen atoms in total. The zero-order valence-electron chi connectivity index (χ0n) is 15.9. The highest BCUT2D eigenvalue weighted by Gasteiger charge is 2.22. The molecule has 2 aromatic heterocycles. The number of para-hydroxylation sites is 1. The molecular formula is C20H21N3O3S2. The molecule has 1 atom stereocenters. The van der Waals surface area contributed by atoms with Crippen LogP contribution in [0.5, 0.6) is 0 Å². The fraction of sp³-hybridized carbons (Fsp3) is 0.300. The number of anilines is 1. The molecule has 0 saturated heterocycles. The number of fused-ring (bicyclic) bond motifs is 1. The lowest BCUT2D eigenvalue weighted by Gasteiger charge is -2.13. The Balaban J connectivity index is 1.71. The Morgan fingerprint density at radius 1 is 1.18 bits per heavy atom. The number of pyridine rings is 1. The first-order valence-electron chi connectivity index (χ1n) is 8.99. The molecule has 0 fully saturated rings. The van der Waals surface area contributed by atoms with Gasteiger partial charge in [0.1, 0.15) is 4.88 Å². The van der Waals surface area contributed by atoms with Crippen molar-refractivity contribution in [1.82, 2.24) is 9.97 Å². The van der Waals surface area contributed by atoms with Gasteiger partial charge in [0.2, 0.25) is 5.91 Å². The lowest BCUT2D eigenvalue weighted by molar-refractivity contribution is -0.115. The Bertz CT molecular complexity index is 1000.